The molecule has 0 fully saturated rings. The lowest BCUT2D eigenvalue weighted by Crippen LogP contribution is -2.31. The van der Waals surface area contributed by atoms with Crippen molar-refractivity contribution in [2.75, 3.05) is 19.0 Å². The number of aryl methyl sites for hydroxylation is 1. The van der Waals surface area contributed by atoms with Gasteiger partial charge in [0.2, 0.25) is 0 Å². The van der Waals surface area contributed by atoms with Gasteiger partial charge in [0, 0.05) is 25.4 Å². The Balaban J connectivity index is 1.85. The largest absolute Gasteiger partial charge is 0.495 e. The fraction of sp³-hybridized carbons (Fsp3) is 0.312. The summed E-state index contributed by atoms with van der Waals surface area (Å²) in [5.41, 5.74) is 2.05. The third-order valence-corrected chi connectivity index (χ3v) is 3.47. The van der Waals surface area contributed by atoms with Crippen LogP contribution in [0, 0.1) is 0 Å². The van der Waals surface area contributed by atoms with E-state index in [1.54, 1.807) is 19.5 Å². The van der Waals surface area contributed by atoms with Gasteiger partial charge in [-0.25, -0.2) is 4.98 Å². The third kappa shape index (κ3) is 4.39. The number of nitrogens with one attached hydrogen (secondary N) is 2. The maximum absolute atomic E-state index is 5.31. The molecule has 0 aliphatic rings. The minimum Gasteiger partial charge on any atom is -0.495 e. The van der Waals surface area contributed by atoms with Crippen LogP contribution in [0.3, 0.4) is 0 Å². The first kappa shape index (κ1) is 16.2. The molecule has 0 saturated carbocycles. The first-order valence-electron chi connectivity index (χ1n) is 7.21. The molecule has 0 radical (unpaired) electrons. The number of methoxy groups -OCH3 is 1. The van der Waals surface area contributed by atoms with E-state index in [1.807, 2.05) is 24.3 Å². The number of hydrogen-bond acceptors (Lipinski definition) is 4. The molecule has 0 aromatic carbocycles. The lowest BCUT2D eigenvalue weighted by molar-refractivity contribution is 0.406. The normalized spacial score (nSPS) is 10.1. The maximum atomic E-state index is 5.31. The van der Waals surface area contributed by atoms with Crippen molar-refractivity contribution in [2.24, 2.45) is 0 Å². The molecule has 0 bridgehead atoms. The van der Waals surface area contributed by atoms with Crippen LogP contribution in [-0.4, -0.2) is 28.7 Å². The lowest BCUT2D eigenvalue weighted by Gasteiger charge is -2.12. The summed E-state index contributed by atoms with van der Waals surface area (Å²) in [5, 5.41) is 6.86. The zero-order valence-corrected chi connectivity index (χ0v) is 13.6. The molecular weight excluding hydrogens is 296 g/mol. The Kier molecular flexibility index (Phi) is 6.09. The van der Waals surface area contributed by atoms with Crippen LogP contribution in [0.25, 0.3) is 0 Å². The molecule has 2 aromatic heterocycles. The van der Waals surface area contributed by atoms with Crippen molar-refractivity contribution in [3.05, 3.63) is 47.9 Å². The minimum atomic E-state index is 0.559. The standard InChI is InChI=1S/C16H20N4OS/c1-3-12-6-4-10-18-15(12)20-16(22)19-11-8-13-14(21-2)7-5-9-17-13/h4-7,9-10H,3,8,11H2,1-2H3,(H2,18,19,20,22). The Morgan fingerprint density at radius 1 is 1.23 bits per heavy atom. The molecule has 6 heteroatoms. The Bertz CT molecular complexity index is 633. The van der Waals surface area contributed by atoms with Crippen LogP contribution < -0.4 is 15.4 Å². The molecular formula is C16H20N4OS. The number of nitrogens with zero attached hydrogens (tertiary/aromatic N) is 2. The molecule has 0 aliphatic carbocycles. The summed E-state index contributed by atoms with van der Waals surface area (Å²) in [7, 11) is 1.65. The van der Waals surface area contributed by atoms with Crippen molar-refractivity contribution in [2.45, 2.75) is 19.8 Å². The predicted molar refractivity (Wildman–Crippen MR) is 92.3 cm³/mol. The molecule has 0 amide bonds. The van der Waals surface area contributed by atoms with Crippen LogP contribution >= 0.6 is 12.2 Å². The Labute approximate surface area is 136 Å². The fourth-order valence-electron chi connectivity index (χ4n) is 2.08. The van der Waals surface area contributed by atoms with Gasteiger partial charge in [-0.2, -0.15) is 0 Å². The van der Waals surface area contributed by atoms with Gasteiger partial charge in [0.05, 0.1) is 12.8 Å². The molecule has 5 nitrogen and oxygen atoms in total. The molecule has 0 atom stereocenters. The zero-order chi connectivity index (χ0) is 15.8. The number of anilines is 1. The van der Waals surface area contributed by atoms with E-state index in [1.165, 1.54) is 0 Å². The van der Waals surface area contributed by atoms with Gasteiger partial charge in [0.15, 0.2) is 5.11 Å². The van der Waals surface area contributed by atoms with Gasteiger partial charge < -0.3 is 15.4 Å². The SMILES string of the molecule is CCc1cccnc1NC(=S)NCCc1ncccc1OC. The highest BCUT2D eigenvalue weighted by Crippen LogP contribution is 2.14. The topological polar surface area (TPSA) is 59.1 Å². The summed E-state index contributed by atoms with van der Waals surface area (Å²) >= 11 is 5.31. The highest BCUT2D eigenvalue weighted by atomic mass is 32.1. The van der Waals surface area contributed by atoms with Crippen molar-refractivity contribution in [3.8, 4) is 5.75 Å². The summed E-state index contributed by atoms with van der Waals surface area (Å²) in [5.74, 6) is 1.60. The molecule has 2 rings (SSSR count). The van der Waals surface area contributed by atoms with Crippen molar-refractivity contribution < 1.29 is 4.74 Å². The van der Waals surface area contributed by atoms with Gasteiger partial charge >= 0.3 is 0 Å². The van der Waals surface area contributed by atoms with E-state index in [9.17, 15) is 0 Å². The van der Waals surface area contributed by atoms with Gasteiger partial charge in [0.25, 0.3) is 0 Å². The molecule has 116 valence electrons. The second kappa shape index (κ2) is 8.29. The van der Waals surface area contributed by atoms with Crippen LogP contribution in [0.5, 0.6) is 5.75 Å². The van der Waals surface area contributed by atoms with Gasteiger partial charge in [0.1, 0.15) is 11.6 Å². The quantitative estimate of drug-likeness (QED) is 0.799. The molecule has 0 saturated heterocycles. The zero-order valence-electron chi connectivity index (χ0n) is 12.8. The van der Waals surface area contributed by atoms with Gasteiger partial charge in [-0.3, -0.25) is 4.98 Å². The van der Waals surface area contributed by atoms with E-state index in [0.717, 1.165) is 35.7 Å². The van der Waals surface area contributed by atoms with Crippen molar-refractivity contribution in [3.63, 3.8) is 0 Å². The van der Waals surface area contributed by atoms with Crippen LogP contribution in [0.4, 0.5) is 5.82 Å². The monoisotopic (exact) mass is 316 g/mol. The Morgan fingerprint density at radius 3 is 2.77 bits per heavy atom. The molecule has 2 heterocycles. The summed E-state index contributed by atoms with van der Waals surface area (Å²) < 4.78 is 5.28. The van der Waals surface area contributed by atoms with Crippen molar-refractivity contribution >= 4 is 23.1 Å². The van der Waals surface area contributed by atoms with Crippen molar-refractivity contribution in [1.82, 2.24) is 15.3 Å². The molecule has 0 aliphatic heterocycles. The third-order valence-electron chi connectivity index (χ3n) is 3.22. The predicted octanol–water partition coefficient (Wildman–Crippen LogP) is 2.58. The fourth-order valence-corrected chi connectivity index (χ4v) is 2.28. The summed E-state index contributed by atoms with van der Waals surface area (Å²) in [6, 6.07) is 7.72. The number of pyridine rings is 2. The summed E-state index contributed by atoms with van der Waals surface area (Å²) in [6.45, 7) is 2.76. The van der Waals surface area contributed by atoms with Crippen molar-refractivity contribution in [1.29, 1.82) is 0 Å². The second-order valence-corrected chi connectivity index (χ2v) is 5.06. The van der Waals surface area contributed by atoms with Gasteiger partial charge in [-0.1, -0.05) is 13.0 Å². The van der Waals surface area contributed by atoms with E-state index < -0.39 is 0 Å². The smallest absolute Gasteiger partial charge is 0.171 e. The minimum absolute atomic E-state index is 0.559. The number of rotatable bonds is 6. The molecule has 2 N–H and O–H groups in total. The lowest BCUT2D eigenvalue weighted by atomic mass is 10.2. The van der Waals surface area contributed by atoms with E-state index >= 15 is 0 Å². The number of thiocarbonyl (C=S) groups is 1. The molecule has 2 aromatic rings. The number of aromatic nitrogens is 2. The Morgan fingerprint density at radius 2 is 2.00 bits per heavy atom. The first-order chi connectivity index (χ1) is 10.7. The average molecular weight is 316 g/mol. The van der Waals surface area contributed by atoms with Crippen LogP contribution in [0.15, 0.2) is 36.7 Å². The van der Waals surface area contributed by atoms with Gasteiger partial charge in [-0.05, 0) is 42.4 Å². The number of ether oxygens (including phenoxy) is 1. The van der Waals surface area contributed by atoms with Crippen LogP contribution in [0.2, 0.25) is 0 Å². The average Bonchev–Trinajstić information content (AvgIpc) is 2.55. The van der Waals surface area contributed by atoms with E-state index in [0.29, 0.717) is 11.7 Å². The molecule has 22 heavy (non-hydrogen) atoms. The highest BCUT2D eigenvalue weighted by molar-refractivity contribution is 7.80. The molecule has 0 unspecified atom stereocenters. The number of hydrogen-bond donors (Lipinski definition) is 2. The van der Waals surface area contributed by atoms with E-state index in [-0.39, 0.29) is 0 Å². The van der Waals surface area contributed by atoms with E-state index in [2.05, 4.69) is 27.5 Å². The summed E-state index contributed by atoms with van der Waals surface area (Å²) in [6.07, 6.45) is 5.15. The summed E-state index contributed by atoms with van der Waals surface area (Å²) in [4.78, 5) is 8.63. The van der Waals surface area contributed by atoms with Crippen LogP contribution in [-0.2, 0) is 12.8 Å². The van der Waals surface area contributed by atoms with E-state index in [4.69, 9.17) is 17.0 Å². The van der Waals surface area contributed by atoms with Gasteiger partial charge in [-0.15, -0.1) is 0 Å². The molecule has 0 spiro atoms. The second-order valence-electron chi connectivity index (χ2n) is 4.65. The van der Waals surface area contributed by atoms with Crippen LogP contribution in [0.1, 0.15) is 18.2 Å². The Hall–Kier alpha value is -2.21. The first-order valence-corrected chi connectivity index (χ1v) is 7.62. The maximum Gasteiger partial charge on any atom is 0.171 e. The highest BCUT2D eigenvalue weighted by Gasteiger charge is 2.05.